The first-order valence-corrected chi connectivity index (χ1v) is 23.0. The minimum Gasteiger partial charge on any atom is -0.443 e. The van der Waals surface area contributed by atoms with Crippen molar-refractivity contribution in [1.29, 1.82) is 0 Å². The number of cyclic esters (lactones) is 2. The van der Waals surface area contributed by atoms with Crippen LogP contribution in [0.4, 0.5) is 41.1 Å². The van der Waals surface area contributed by atoms with E-state index in [1.54, 1.807) is 24.3 Å². The summed E-state index contributed by atoms with van der Waals surface area (Å²) in [5.74, 6) is 11.2. The average molecular weight is 911 g/mol. The van der Waals surface area contributed by atoms with Crippen molar-refractivity contribution in [3.05, 3.63) is 72.3 Å². The zero-order valence-corrected chi connectivity index (χ0v) is 34.2. The molecule has 0 unspecified atom stereocenters. The number of aliphatic hydroxyl groups excluding tert-OH is 1. The highest BCUT2D eigenvalue weighted by Gasteiger charge is 2.33. The van der Waals surface area contributed by atoms with E-state index in [1.807, 2.05) is 9.80 Å². The predicted molar refractivity (Wildman–Crippen MR) is 227 cm³/mol. The summed E-state index contributed by atoms with van der Waals surface area (Å²) in [7, 11) is 0.710. The van der Waals surface area contributed by atoms with Crippen LogP contribution in [0.5, 0.6) is 5.75 Å². The van der Waals surface area contributed by atoms with E-state index >= 15 is 0 Å². The first-order valence-electron chi connectivity index (χ1n) is 17.5. The summed E-state index contributed by atoms with van der Waals surface area (Å²) in [5.41, 5.74) is 7.44. The maximum absolute atomic E-state index is 14.4. The Balaban J connectivity index is 0.000000241. The molecular weight excluding hydrogens is 862 g/mol. The molecule has 4 fully saturated rings. The molecule has 59 heavy (non-hydrogen) atoms. The number of rotatable bonds is 9. The number of halogens is 3. The number of nitrogens with zero attached hydrogens (tertiary/aromatic N) is 4. The molecule has 0 saturated carbocycles. The number of hydrogen-bond donors (Lipinski definition) is 3. The lowest BCUT2D eigenvalue weighted by Gasteiger charge is -2.31. The second-order valence-corrected chi connectivity index (χ2v) is 19.2. The lowest BCUT2D eigenvalue weighted by Crippen LogP contribution is -2.38. The van der Waals surface area contributed by atoms with Crippen molar-refractivity contribution >= 4 is 81.8 Å². The van der Waals surface area contributed by atoms with Gasteiger partial charge in [-0.15, -0.1) is 0 Å². The number of anilines is 4. The van der Waals surface area contributed by atoms with Gasteiger partial charge in [-0.25, -0.2) is 26.8 Å². The number of carbonyl (C=O) groups excluding carboxylic acids is 2. The maximum Gasteiger partial charge on any atom is 0.414 e. The Bertz CT molecular complexity index is 1950. The number of amides is 2. The fourth-order valence-electron chi connectivity index (χ4n) is 6.07. The molecule has 0 bridgehead atoms. The van der Waals surface area contributed by atoms with E-state index in [4.69, 9.17) is 31.0 Å². The number of ether oxygens (including phenoxy) is 2. The Kier molecular flexibility index (Phi) is 18.7. The molecule has 4 aliphatic heterocycles. The molecule has 4 aliphatic rings. The zero-order chi connectivity index (χ0) is 41.3. The zero-order valence-electron chi connectivity index (χ0n) is 31.0. The molecule has 2 amide bonds. The summed E-state index contributed by atoms with van der Waals surface area (Å²) >= 11 is 0. The smallest absolute Gasteiger partial charge is 0.414 e. The Hall–Kier alpha value is -4.13. The minimum atomic E-state index is -3.75. The minimum absolute atomic E-state index is 0. The van der Waals surface area contributed by atoms with Crippen LogP contribution < -0.4 is 36.1 Å². The highest BCUT2D eigenvalue weighted by atomic mass is 35.7. The third-order valence-corrected chi connectivity index (χ3v) is 13.2. The molecule has 3 aromatic carbocycles. The van der Waals surface area contributed by atoms with Gasteiger partial charge < -0.3 is 40.5 Å². The van der Waals surface area contributed by atoms with Gasteiger partial charge in [-0.3, -0.25) is 14.0 Å². The summed E-state index contributed by atoms with van der Waals surface area (Å²) in [5, 5.41) is 9.05. The van der Waals surface area contributed by atoms with E-state index in [2.05, 4.69) is 21.6 Å². The van der Waals surface area contributed by atoms with Gasteiger partial charge in [-0.2, -0.15) is 16.4 Å². The van der Waals surface area contributed by atoms with Crippen LogP contribution in [0, 0.1) is 11.6 Å². The van der Waals surface area contributed by atoms with Gasteiger partial charge in [0.05, 0.1) is 47.3 Å². The van der Waals surface area contributed by atoms with Gasteiger partial charge in [0.2, 0.25) is 0 Å². The fraction of sp³-hybridized carbons (Fsp3) is 0.417. The first-order chi connectivity index (χ1) is 27.2. The molecule has 7 rings (SSSR count). The van der Waals surface area contributed by atoms with Crippen molar-refractivity contribution in [1.82, 2.24) is 0 Å². The highest BCUT2D eigenvalue weighted by molar-refractivity contribution is 8.14. The van der Waals surface area contributed by atoms with E-state index in [0.717, 1.165) is 24.6 Å². The lowest BCUT2D eigenvalue weighted by atomic mass is 10.2. The highest BCUT2D eigenvalue weighted by Crippen LogP contribution is 2.31. The summed E-state index contributed by atoms with van der Waals surface area (Å²) in [4.78, 5) is 38.3. The molecule has 17 nitrogen and oxygen atoms in total. The van der Waals surface area contributed by atoms with Gasteiger partial charge in [-0.1, -0.05) is 24.4 Å². The Morgan fingerprint density at radius 2 is 1.34 bits per heavy atom. The summed E-state index contributed by atoms with van der Waals surface area (Å²) in [6.45, 7) is 3.34. The van der Waals surface area contributed by atoms with E-state index in [1.165, 1.54) is 46.2 Å². The SMILES string of the molecule is C.C=S1CCN(c2ccc(N3C[C@H](CO)OC3=O)cc2F)CC1.NC[C@H]1CN(c2ccc(N3CCS(=O)CC3)c(F)c2)C(=O)O1.NOOc1cccc(S(=O)(=O)Cl)c1.O. The first kappa shape index (κ1) is 49.2. The lowest BCUT2D eigenvalue weighted by molar-refractivity contribution is -0.211. The number of nitrogens with two attached hydrogens (primary N) is 2. The summed E-state index contributed by atoms with van der Waals surface area (Å²) in [6, 6.07) is 14.9. The molecule has 4 saturated heterocycles. The van der Waals surface area contributed by atoms with Crippen LogP contribution in [0.25, 0.3) is 0 Å². The molecule has 328 valence electrons. The fourth-order valence-corrected chi connectivity index (χ4v) is 9.07. The molecule has 4 heterocycles. The van der Waals surface area contributed by atoms with Crippen LogP contribution in [0.1, 0.15) is 7.43 Å². The van der Waals surface area contributed by atoms with Crippen molar-refractivity contribution in [3.8, 4) is 5.75 Å². The largest absolute Gasteiger partial charge is 0.443 e. The second-order valence-electron chi connectivity index (χ2n) is 12.9. The van der Waals surface area contributed by atoms with Gasteiger partial charge in [-0.05, 0) is 48.5 Å². The maximum atomic E-state index is 14.4. The Morgan fingerprint density at radius 3 is 1.76 bits per heavy atom. The van der Waals surface area contributed by atoms with Crippen LogP contribution in [0.2, 0.25) is 0 Å². The van der Waals surface area contributed by atoms with E-state index < -0.39 is 44.0 Å². The normalized spacial score (nSPS) is 19.6. The quantitative estimate of drug-likeness (QED) is 0.121. The predicted octanol–water partition coefficient (Wildman–Crippen LogP) is 2.95. The van der Waals surface area contributed by atoms with Gasteiger partial charge in [0.25, 0.3) is 9.05 Å². The Labute approximate surface area is 350 Å². The van der Waals surface area contributed by atoms with Crippen LogP contribution >= 0.6 is 21.2 Å². The number of hydrogen-bond acceptors (Lipinski definition) is 14. The van der Waals surface area contributed by atoms with Crippen molar-refractivity contribution in [2.75, 3.05) is 95.0 Å². The number of benzene rings is 3. The molecule has 3 aromatic rings. The summed E-state index contributed by atoms with van der Waals surface area (Å²) in [6.07, 6.45) is -1.96. The van der Waals surface area contributed by atoms with Gasteiger partial charge in [0.15, 0.2) is 5.75 Å². The Morgan fingerprint density at radius 1 is 0.847 bits per heavy atom. The molecular formula is C36H49ClF2N6O11S3. The van der Waals surface area contributed by atoms with Crippen LogP contribution in [-0.2, 0) is 34.3 Å². The van der Waals surface area contributed by atoms with Crippen LogP contribution in [0.15, 0.2) is 65.6 Å². The van der Waals surface area contributed by atoms with Crippen molar-refractivity contribution < 1.29 is 60.9 Å². The molecule has 0 aliphatic carbocycles. The second kappa shape index (κ2) is 22.5. The van der Waals surface area contributed by atoms with Gasteiger partial charge in [0.1, 0.15) is 23.8 Å². The van der Waals surface area contributed by atoms with Crippen molar-refractivity contribution in [3.63, 3.8) is 0 Å². The number of carbonyl (C=O) groups is 2. The molecule has 0 radical (unpaired) electrons. The monoisotopic (exact) mass is 910 g/mol. The average Bonchev–Trinajstić information content (AvgIpc) is 3.77. The van der Waals surface area contributed by atoms with E-state index in [0.29, 0.717) is 53.9 Å². The third-order valence-electron chi connectivity index (χ3n) is 9.09. The van der Waals surface area contributed by atoms with Crippen molar-refractivity contribution in [2.45, 2.75) is 24.5 Å². The molecule has 0 aromatic heterocycles. The molecule has 2 atom stereocenters. The molecule has 7 N–H and O–H groups in total. The standard InChI is InChI=1S/C15H19FN2O3S.C14H18FN3O3S.C6H6ClNO4S.CH4.H2O/c1-22-6-4-17(5-7-22)14-3-2-11(8-13(14)16)18-9-12(10-19)21-15(18)20;15-12-7-10(18-9-11(8-16)21-14(18)19)1-2-13(12)17-3-5-22(20)6-4-17;7-13(9,10)6-3-1-2-5(4-6)11-12-8;;/h2-3,8,12,19H,1,4-7,9-10H2;1-2,7,11H,3-6,8-9,16H2;1-4H,8H2;1H4;1H2/t12-;11-;;;/m10.../s1. The van der Waals surface area contributed by atoms with Crippen molar-refractivity contribution in [2.24, 2.45) is 11.6 Å². The van der Waals surface area contributed by atoms with Crippen LogP contribution in [0.3, 0.4) is 0 Å². The molecule has 23 heteroatoms. The van der Waals surface area contributed by atoms with Gasteiger partial charge in [0, 0.05) is 83.3 Å². The topological polar surface area (TPSA) is 239 Å². The third kappa shape index (κ3) is 13.2. The number of aliphatic hydroxyl groups is 1. The van der Waals surface area contributed by atoms with Gasteiger partial charge >= 0.3 is 12.2 Å². The molecule has 0 spiro atoms. The van der Waals surface area contributed by atoms with E-state index in [-0.39, 0.29) is 65.6 Å². The van der Waals surface area contributed by atoms with E-state index in [9.17, 15) is 31.0 Å². The summed E-state index contributed by atoms with van der Waals surface area (Å²) < 4.78 is 71.8. The van der Waals surface area contributed by atoms with Crippen LogP contribution in [-0.4, -0.2) is 129 Å².